The maximum atomic E-state index is 13.3. The molecular weight excluding hydrogens is 342 g/mol. The number of hydrogen-bond acceptors (Lipinski definition) is 4. The van der Waals surface area contributed by atoms with Crippen LogP contribution in [0, 0.1) is 0 Å². The predicted octanol–water partition coefficient (Wildman–Crippen LogP) is 1.84. The number of aromatic nitrogens is 5. The minimum Gasteiger partial charge on any atom is -0.257 e. The third-order valence-electron chi connectivity index (χ3n) is 5.65. The van der Waals surface area contributed by atoms with Crippen molar-refractivity contribution in [3.63, 3.8) is 0 Å². The summed E-state index contributed by atoms with van der Waals surface area (Å²) in [5, 5.41) is 2.77. The maximum absolute atomic E-state index is 13.3. The molecule has 1 N–H and O–H groups in total. The van der Waals surface area contributed by atoms with Crippen molar-refractivity contribution < 1.29 is 0 Å². The van der Waals surface area contributed by atoms with Gasteiger partial charge < -0.3 is 0 Å². The summed E-state index contributed by atoms with van der Waals surface area (Å²) in [6, 6.07) is 8.88. The third-order valence-corrected chi connectivity index (χ3v) is 5.65. The second-order valence-electron chi connectivity index (χ2n) is 6.98. The Hall–Kier alpha value is -3.48. The summed E-state index contributed by atoms with van der Waals surface area (Å²) in [5.74, 6) is -0.410. The number of H-pyrrole nitrogens is 1. The van der Waals surface area contributed by atoms with Gasteiger partial charge in [0.1, 0.15) is 5.54 Å². The number of rotatable bonds is 3. The number of allylic oxidation sites excluding steroid dienone is 3. The van der Waals surface area contributed by atoms with Gasteiger partial charge in [0.05, 0.1) is 28.9 Å². The molecule has 0 saturated carbocycles. The molecule has 1 aromatic carbocycles. The van der Waals surface area contributed by atoms with Gasteiger partial charge in [0, 0.05) is 12.4 Å². The highest BCUT2D eigenvalue weighted by atomic mass is 16.2. The van der Waals surface area contributed by atoms with E-state index in [1.165, 1.54) is 4.68 Å². The molecule has 27 heavy (non-hydrogen) atoms. The second-order valence-corrected chi connectivity index (χ2v) is 6.98. The van der Waals surface area contributed by atoms with Crippen molar-refractivity contribution in [1.29, 1.82) is 0 Å². The van der Waals surface area contributed by atoms with Crippen LogP contribution >= 0.6 is 0 Å². The molecule has 2 heterocycles. The van der Waals surface area contributed by atoms with Gasteiger partial charge >= 0.3 is 11.4 Å². The highest BCUT2D eigenvalue weighted by Gasteiger charge is 2.59. The Labute approximate surface area is 154 Å². The van der Waals surface area contributed by atoms with Crippen molar-refractivity contribution in [3.05, 3.63) is 99.4 Å². The van der Waals surface area contributed by atoms with Crippen molar-refractivity contribution in [2.75, 3.05) is 0 Å². The fourth-order valence-electron chi connectivity index (χ4n) is 4.58. The molecule has 0 fully saturated rings. The Morgan fingerprint density at radius 3 is 2.22 bits per heavy atom. The zero-order valence-electron chi connectivity index (χ0n) is 14.7. The van der Waals surface area contributed by atoms with E-state index in [0.717, 1.165) is 21.5 Å². The Morgan fingerprint density at radius 2 is 1.67 bits per heavy atom. The minimum absolute atomic E-state index is 0.205. The molecule has 2 aromatic heterocycles. The summed E-state index contributed by atoms with van der Waals surface area (Å²) < 4.78 is 2.57. The summed E-state index contributed by atoms with van der Waals surface area (Å²) in [6.45, 7) is 6.05. The predicted molar refractivity (Wildman–Crippen MR) is 100 cm³/mol. The van der Waals surface area contributed by atoms with E-state index in [0.29, 0.717) is 5.69 Å². The van der Waals surface area contributed by atoms with E-state index in [2.05, 4.69) is 21.6 Å². The molecule has 0 saturated heterocycles. The van der Waals surface area contributed by atoms with Crippen molar-refractivity contribution in [2.24, 2.45) is 0 Å². The fraction of sp³-hybridized carbons (Fsp3) is 0.200. The normalized spacial score (nSPS) is 24.9. The number of hydrogen-bond donors (Lipinski definition) is 1. The van der Waals surface area contributed by atoms with E-state index in [4.69, 9.17) is 0 Å². The second kappa shape index (κ2) is 5.26. The van der Waals surface area contributed by atoms with Gasteiger partial charge in [0.25, 0.3) is 0 Å². The van der Waals surface area contributed by atoms with E-state index in [9.17, 15) is 9.59 Å². The highest BCUT2D eigenvalue weighted by Crippen LogP contribution is 2.60. The average molecular weight is 359 g/mol. The van der Waals surface area contributed by atoms with Crippen LogP contribution < -0.4 is 11.4 Å². The minimum atomic E-state index is -0.847. The SMILES string of the molecule is C=C(C)C1(n2[nH]c(=O)n(-c3ccccc3)c2=O)[C@@H]2C=C[C@H]1c1nccnc12. The molecule has 2 aliphatic carbocycles. The first-order chi connectivity index (χ1) is 13.1. The van der Waals surface area contributed by atoms with Crippen LogP contribution in [0.25, 0.3) is 5.69 Å². The summed E-state index contributed by atoms with van der Waals surface area (Å²) in [6.07, 6.45) is 7.36. The van der Waals surface area contributed by atoms with E-state index >= 15 is 0 Å². The molecule has 7 heteroatoms. The molecule has 3 atom stereocenters. The molecule has 5 rings (SSSR count). The topological polar surface area (TPSA) is 85.6 Å². The van der Waals surface area contributed by atoms with Gasteiger partial charge in [-0.05, 0) is 19.1 Å². The molecule has 3 aromatic rings. The van der Waals surface area contributed by atoms with Gasteiger partial charge in [0.2, 0.25) is 0 Å². The lowest BCUT2D eigenvalue weighted by Crippen LogP contribution is -2.46. The largest absolute Gasteiger partial charge is 0.352 e. The molecule has 0 aliphatic heterocycles. The molecule has 0 amide bonds. The van der Waals surface area contributed by atoms with Crippen LogP contribution in [0.3, 0.4) is 0 Å². The van der Waals surface area contributed by atoms with E-state index in [-0.39, 0.29) is 11.8 Å². The fourth-order valence-corrected chi connectivity index (χ4v) is 4.58. The van der Waals surface area contributed by atoms with Crippen LogP contribution in [0.15, 0.2) is 76.6 Å². The number of nitrogens with one attached hydrogen (secondary N) is 1. The number of benzene rings is 1. The highest BCUT2D eigenvalue weighted by molar-refractivity contribution is 5.52. The maximum Gasteiger partial charge on any atom is 0.352 e. The lowest BCUT2D eigenvalue weighted by molar-refractivity contribution is 0.280. The molecule has 7 nitrogen and oxygen atoms in total. The quantitative estimate of drug-likeness (QED) is 0.723. The summed E-state index contributed by atoms with van der Waals surface area (Å²) in [4.78, 5) is 35.0. The number of para-hydroxylation sites is 1. The van der Waals surface area contributed by atoms with E-state index in [1.54, 1.807) is 36.7 Å². The first-order valence-corrected chi connectivity index (χ1v) is 8.72. The smallest absolute Gasteiger partial charge is 0.257 e. The van der Waals surface area contributed by atoms with E-state index in [1.807, 2.05) is 25.1 Å². The van der Waals surface area contributed by atoms with Crippen molar-refractivity contribution in [1.82, 2.24) is 24.3 Å². The first-order valence-electron chi connectivity index (χ1n) is 8.72. The number of nitrogens with zero attached hydrogens (tertiary/aromatic N) is 4. The van der Waals surface area contributed by atoms with Crippen LogP contribution in [0.2, 0.25) is 0 Å². The van der Waals surface area contributed by atoms with E-state index < -0.39 is 16.9 Å². The van der Waals surface area contributed by atoms with Gasteiger partial charge in [-0.15, -0.1) is 0 Å². The zero-order chi connectivity index (χ0) is 18.8. The average Bonchev–Trinajstić information content (AvgIpc) is 3.30. The monoisotopic (exact) mass is 359 g/mol. The Morgan fingerprint density at radius 1 is 1.07 bits per heavy atom. The van der Waals surface area contributed by atoms with Crippen LogP contribution in [0.4, 0.5) is 0 Å². The molecule has 134 valence electrons. The lowest BCUT2D eigenvalue weighted by atomic mass is 9.79. The van der Waals surface area contributed by atoms with Crippen LogP contribution in [0.1, 0.15) is 30.1 Å². The lowest BCUT2D eigenvalue weighted by Gasteiger charge is -2.35. The molecule has 2 bridgehead atoms. The third kappa shape index (κ3) is 1.80. The Bertz CT molecular complexity index is 1180. The summed E-state index contributed by atoms with van der Waals surface area (Å²) in [5.41, 5.74) is 1.18. The zero-order valence-corrected chi connectivity index (χ0v) is 14.7. The van der Waals surface area contributed by atoms with Crippen LogP contribution in [-0.4, -0.2) is 24.3 Å². The van der Waals surface area contributed by atoms with Gasteiger partial charge in [-0.3, -0.25) is 9.97 Å². The Balaban J connectivity index is 1.79. The van der Waals surface area contributed by atoms with Crippen LogP contribution in [0.5, 0.6) is 0 Å². The van der Waals surface area contributed by atoms with Gasteiger partial charge in [-0.1, -0.05) is 42.5 Å². The summed E-state index contributed by atoms with van der Waals surface area (Å²) >= 11 is 0. The van der Waals surface area contributed by atoms with Gasteiger partial charge in [-0.25, -0.2) is 23.9 Å². The van der Waals surface area contributed by atoms with Crippen molar-refractivity contribution in [3.8, 4) is 5.69 Å². The standard InChI is InChI=1S/C20H17N5O2/c1-12(2)20(14-8-9-15(20)17-16(14)21-10-11-22-17)25-19(27)24(18(26)23-25)13-6-4-3-5-7-13/h3-11,14-15H,1H2,2H3,(H,23,26)/t14-,15+,20?. The summed E-state index contributed by atoms with van der Waals surface area (Å²) in [7, 11) is 0. The first kappa shape index (κ1) is 15.7. The van der Waals surface area contributed by atoms with Gasteiger partial charge in [0.15, 0.2) is 0 Å². The molecular formula is C20H17N5O2. The van der Waals surface area contributed by atoms with Crippen molar-refractivity contribution in [2.45, 2.75) is 24.3 Å². The molecule has 2 aliphatic rings. The number of aromatic amines is 1. The Kier molecular flexibility index (Phi) is 3.07. The molecule has 0 radical (unpaired) electrons. The molecule has 0 spiro atoms. The molecule has 1 unspecified atom stereocenters. The van der Waals surface area contributed by atoms with Crippen LogP contribution in [-0.2, 0) is 5.54 Å². The number of fused-ring (bicyclic) bond motifs is 5. The van der Waals surface area contributed by atoms with Crippen molar-refractivity contribution >= 4 is 0 Å². The van der Waals surface area contributed by atoms with Gasteiger partial charge in [-0.2, -0.15) is 0 Å².